The molecule has 4 rings (SSSR count). The van der Waals surface area contributed by atoms with Crippen LogP contribution in [0.1, 0.15) is 37.2 Å². The number of aromatic nitrogens is 2. The number of pyridine rings is 1. The van der Waals surface area contributed by atoms with Crippen LogP contribution in [0.15, 0.2) is 36.5 Å². The summed E-state index contributed by atoms with van der Waals surface area (Å²) in [5.41, 5.74) is 6.29. The van der Waals surface area contributed by atoms with Gasteiger partial charge in [-0.1, -0.05) is 11.3 Å². The average molecular weight is 455 g/mol. The number of nitrogens with two attached hydrogens (primary N) is 1. The summed E-state index contributed by atoms with van der Waals surface area (Å²) >= 11 is 1.54. The third-order valence-corrected chi connectivity index (χ3v) is 5.98. The first-order valence-electron chi connectivity index (χ1n) is 10.5. The van der Waals surface area contributed by atoms with Gasteiger partial charge >= 0.3 is 6.03 Å². The number of carbonyl (C=O) groups is 2. The molecule has 1 aliphatic heterocycles. The molecule has 3 heterocycles. The Kier molecular flexibility index (Phi) is 6.40. The molecule has 0 unspecified atom stereocenters. The third-order valence-electron chi connectivity index (χ3n) is 5.03. The summed E-state index contributed by atoms with van der Waals surface area (Å²) in [7, 11) is 0. The maximum Gasteiger partial charge on any atom is 0.317 e. The minimum atomic E-state index is -0.605. The normalized spacial score (nSPS) is 16.2. The number of primary amides is 1. The molecule has 0 radical (unpaired) electrons. The van der Waals surface area contributed by atoms with Gasteiger partial charge < -0.3 is 26.0 Å². The van der Waals surface area contributed by atoms with Gasteiger partial charge in [-0.2, -0.15) is 0 Å². The monoisotopic (exact) mass is 454 g/mol. The van der Waals surface area contributed by atoms with Gasteiger partial charge in [0.05, 0.1) is 10.2 Å². The Hall–Kier alpha value is -3.40. The predicted octanol–water partition coefficient (Wildman–Crippen LogP) is 3.58. The van der Waals surface area contributed by atoms with E-state index in [1.165, 1.54) is 23.6 Å². The first-order valence-corrected chi connectivity index (χ1v) is 11.4. The highest BCUT2D eigenvalue weighted by atomic mass is 32.1. The molecule has 168 valence electrons. The average Bonchev–Trinajstić information content (AvgIpc) is 3.15. The van der Waals surface area contributed by atoms with Crippen molar-refractivity contribution in [3.63, 3.8) is 0 Å². The number of urea groups is 1. The zero-order valence-corrected chi connectivity index (χ0v) is 18.8. The van der Waals surface area contributed by atoms with E-state index in [1.54, 1.807) is 6.07 Å². The Morgan fingerprint density at radius 2 is 2.06 bits per heavy atom. The Labute approximate surface area is 190 Å². The van der Waals surface area contributed by atoms with Gasteiger partial charge in [-0.05, 0) is 44.9 Å². The summed E-state index contributed by atoms with van der Waals surface area (Å²) < 4.78 is 6.84. The number of benzene rings is 1. The van der Waals surface area contributed by atoms with Crippen molar-refractivity contribution in [1.82, 2.24) is 20.2 Å². The molecule has 1 saturated heterocycles. The second-order valence-electron chi connectivity index (χ2n) is 8.03. The molecular formula is C22H26N6O3S. The maximum absolute atomic E-state index is 12.3. The number of likely N-dealkylation sites (tertiary alicyclic amines) is 1. The topological polar surface area (TPSA) is 122 Å². The quantitative estimate of drug-likeness (QED) is 0.523. The number of thiazole rings is 1. The number of ether oxygens (including phenoxy) is 1. The summed E-state index contributed by atoms with van der Waals surface area (Å²) in [5, 5.41) is 7.25. The minimum absolute atomic E-state index is 0.0202. The van der Waals surface area contributed by atoms with E-state index >= 15 is 0 Å². The van der Waals surface area contributed by atoms with E-state index in [1.807, 2.05) is 36.9 Å². The van der Waals surface area contributed by atoms with Gasteiger partial charge in [-0.15, -0.1) is 0 Å². The highest BCUT2D eigenvalue weighted by molar-refractivity contribution is 7.22. The van der Waals surface area contributed by atoms with Gasteiger partial charge in [-0.3, -0.25) is 9.78 Å². The predicted molar refractivity (Wildman–Crippen MR) is 124 cm³/mol. The second kappa shape index (κ2) is 9.39. The molecule has 0 bridgehead atoms. The standard InChI is InChI=1S/C22H26N6O3S/c1-13(2)25-22(30)28-9-3-4-14(12-28)26-21-27-17-6-5-15(11-19(17)32-21)31-16-7-8-24-18(10-16)20(23)29/h5-8,10-11,13-14H,3-4,9,12H2,1-2H3,(H2,23,29)(H,25,30)(H,26,27)/t14-/m0/s1. The summed E-state index contributed by atoms with van der Waals surface area (Å²) in [6.07, 6.45) is 3.42. The fourth-order valence-electron chi connectivity index (χ4n) is 3.57. The Balaban J connectivity index is 1.43. The number of carbonyl (C=O) groups excluding carboxylic acids is 2. The summed E-state index contributed by atoms with van der Waals surface area (Å²) in [6.45, 7) is 5.33. The van der Waals surface area contributed by atoms with Gasteiger partial charge in [0.1, 0.15) is 17.2 Å². The largest absolute Gasteiger partial charge is 0.457 e. The van der Waals surface area contributed by atoms with Crippen molar-refractivity contribution in [2.24, 2.45) is 5.73 Å². The van der Waals surface area contributed by atoms with Crippen molar-refractivity contribution in [2.75, 3.05) is 18.4 Å². The molecule has 3 amide bonds. The Bertz CT molecular complexity index is 1130. The van der Waals surface area contributed by atoms with Crippen molar-refractivity contribution in [1.29, 1.82) is 0 Å². The smallest absolute Gasteiger partial charge is 0.317 e. The van der Waals surface area contributed by atoms with E-state index in [0.29, 0.717) is 18.0 Å². The van der Waals surface area contributed by atoms with Crippen LogP contribution >= 0.6 is 11.3 Å². The molecule has 1 aliphatic rings. The van der Waals surface area contributed by atoms with Gasteiger partial charge in [0.15, 0.2) is 5.13 Å². The van der Waals surface area contributed by atoms with E-state index < -0.39 is 5.91 Å². The van der Waals surface area contributed by atoms with Crippen LogP contribution in [-0.4, -0.2) is 52.0 Å². The fraction of sp³-hybridized carbons (Fsp3) is 0.364. The summed E-state index contributed by atoms with van der Waals surface area (Å²) in [5.74, 6) is 0.508. The van der Waals surface area contributed by atoms with E-state index in [2.05, 4.69) is 20.6 Å². The first kappa shape index (κ1) is 21.8. The highest BCUT2D eigenvalue weighted by Crippen LogP contribution is 2.32. The van der Waals surface area contributed by atoms with Crippen molar-refractivity contribution >= 4 is 38.6 Å². The zero-order valence-electron chi connectivity index (χ0n) is 18.0. The first-order chi connectivity index (χ1) is 15.4. The van der Waals surface area contributed by atoms with Crippen LogP contribution in [0.3, 0.4) is 0 Å². The van der Waals surface area contributed by atoms with Crippen LogP contribution in [0.4, 0.5) is 9.93 Å². The molecule has 0 saturated carbocycles. The lowest BCUT2D eigenvalue weighted by Gasteiger charge is -2.33. The van der Waals surface area contributed by atoms with Crippen LogP contribution in [0.2, 0.25) is 0 Å². The molecule has 0 spiro atoms. The number of nitrogens with one attached hydrogen (secondary N) is 2. The summed E-state index contributed by atoms with van der Waals surface area (Å²) in [4.78, 5) is 34.1. The molecule has 0 aliphatic carbocycles. The highest BCUT2D eigenvalue weighted by Gasteiger charge is 2.24. The molecule has 1 atom stereocenters. The number of amides is 3. The molecule has 9 nitrogen and oxygen atoms in total. The van der Waals surface area contributed by atoms with Crippen molar-refractivity contribution in [3.8, 4) is 11.5 Å². The summed E-state index contributed by atoms with van der Waals surface area (Å²) in [6, 6.07) is 9.06. The lowest BCUT2D eigenvalue weighted by atomic mass is 10.1. The van der Waals surface area contributed by atoms with Crippen LogP contribution in [0.25, 0.3) is 10.2 Å². The molecule has 1 fully saturated rings. The minimum Gasteiger partial charge on any atom is -0.457 e. The number of hydrogen-bond donors (Lipinski definition) is 3. The molecule has 1 aromatic carbocycles. The third kappa shape index (κ3) is 5.25. The maximum atomic E-state index is 12.3. The molecule has 4 N–H and O–H groups in total. The van der Waals surface area contributed by atoms with E-state index in [-0.39, 0.29) is 23.8 Å². The molecule has 3 aromatic rings. The molecule has 32 heavy (non-hydrogen) atoms. The molecule has 10 heteroatoms. The number of rotatable bonds is 6. The van der Waals surface area contributed by atoms with Crippen molar-refractivity contribution in [2.45, 2.75) is 38.8 Å². The number of piperidine rings is 1. The van der Waals surface area contributed by atoms with Gasteiger partial charge in [0.25, 0.3) is 5.91 Å². The lowest BCUT2D eigenvalue weighted by molar-refractivity contribution is 0.0995. The fourth-order valence-corrected chi connectivity index (χ4v) is 4.54. The van der Waals surface area contributed by atoms with Crippen LogP contribution in [0, 0.1) is 0 Å². The lowest BCUT2D eigenvalue weighted by Crippen LogP contribution is -2.50. The Morgan fingerprint density at radius 3 is 2.84 bits per heavy atom. The zero-order chi connectivity index (χ0) is 22.7. The van der Waals surface area contributed by atoms with Gasteiger partial charge in [-0.25, -0.2) is 9.78 Å². The van der Waals surface area contributed by atoms with E-state index in [4.69, 9.17) is 10.5 Å². The van der Waals surface area contributed by atoms with Gasteiger partial charge in [0, 0.05) is 43.5 Å². The van der Waals surface area contributed by atoms with E-state index in [9.17, 15) is 9.59 Å². The SMILES string of the molecule is CC(C)NC(=O)N1CCC[C@H](Nc2nc3ccc(Oc4ccnc(C(N)=O)c4)cc3s2)C1. The number of nitrogens with zero attached hydrogens (tertiary/aromatic N) is 3. The molecule has 2 aromatic heterocycles. The van der Waals surface area contributed by atoms with Crippen LogP contribution < -0.4 is 21.1 Å². The van der Waals surface area contributed by atoms with Crippen molar-refractivity contribution in [3.05, 3.63) is 42.2 Å². The molecular weight excluding hydrogens is 428 g/mol. The second-order valence-corrected chi connectivity index (χ2v) is 9.06. The number of fused-ring (bicyclic) bond motifs is 1. The van der Waals surface area contributed by atoms with Crippen LogP contribution in [-0.2, 0) is 0 Å². The van der Waals surface area contributed by atoms with Gasteiger partial charge in [0.2, 0.25) is 0 Å². The van der Waals surface area contributed by atoms with Crippen LogP contribution in [0.5, 0.6) is 11.5 Å². The number of hydrogen-bond acceptors (Lipinski definition) is 7. The Morgan fingerprint density at radius 1 is 1.25 bits per heavy atom. The number of anilines is 1. The van der Waals surface area contributed by atoms with Crippen molar-refractivity contribution < 1.29 is 14.3 Å². The van der Waals surface area contributed by atoms with E-state index in [0.717, 1.165) is 34.7 Å².